The van der Waals surface area contributed by atoms with Crippen LogP contribution in [-0.4, -0.2) is 17.0 Å². The Hall–Kier alpha value is -0.850. The van der Waals surface area contributed by atoms with E-state index in [0.29, 0.717) is 17.5 Å². The highest BCUT2D eigenvalue weighted by Crippen LogP contribution is 2.27. The van der Waals surface area contributed by atoms with Crippen LogP contribution in [0.25, 0.3) is 0 Å². The zero-order valence-electron chi connectivity index (χ0n) is 7.37. The van der Waals surface area contributed by atoms with Crippen molar-refractivity contribution in [1.29, 1.82) is 0 Å². The molecule has 2 rings (SSSR count). The van der Waals surface area contributed by atoms with Crippen molar-refractivity contribution in [2.24, 2.45) is 5.73 Å². The molecule has 4 nitrogen and oxygen atoms in total. The standard InChI is InChI=1S/C9H9IN2O2/c10-7-3-6(14-5-1-2-5)4-12-8(7)9(11)13/h3-5H,1-2H2,(H2,11,13). The van der Waals surface area contributed by atoms with E-state index in [4.69, 9.17) is 10.5 Å². The van der Waals surface area contributed by atoms with Crippen LogP contribution in [0.3, 0.4) is 0 Å². The Morgan fingerprint density at radius 1 is 1.64 bits per heavy atom. The molecule has 0 saturated heterocycles. The lowest BCUT2D eigenvalue weighted by Crippen LogP contribution is -2.15. The number of nitrogens with zero attached hydrogens (tertiary/aromatic N) is 1. The van der Waals surface area contributed by atoms with E-state index in [9.17, 15) is 4.79 Å². The number of pyridine rings is 1. The van der Waals surface area contributed by atoms with Gasteiger partial charge in [-0.1, -0.05) is 0 Å². The van der Waals surface area contributed by atoms with Crippen molar-refractivity contribution in [3.8, 4) is 5.75 Å². The lowest BCUT2D eigenvalue weighted by atomic mass is 10.3. The smallest absolute Gasteiger partial charge is 0.268 e. The van der Waals surface area contributed by atoms with Crippen LogP contribution in [0.1, 0.15) is 23.3 Å². The first kappa shape index (κ1) is 9.70. The van der Waals surface area contributed by atoms with E-state index >= 15 is 0 Å². The molecule has 0 atom stereocenters. The molecule has 1 aliphatic rings. The van der Waals surface area contributed by atoms with E-state index in [1.54, 1.807) is 12.3 Å². The molecule has 1 aromatic heterocycles. The monoisotopic (exact) mass is 304 g/mol. The zero-order chi connectivity index (χ0) is 10.1. The Balaban J connectivity index is 2.20. The molecule has 0 radical (unpaired) electrons. The largest absolute Gasteiger partial charge is 0.489 e. The van der Waals surface area contributed by atoms with Crippen LogP contribution in [0, 0.1) is 3.57 Å². The molecule has 74 valence electrons. The predicted octanol–water partition coefficient (Wildman–Crippen LogP) is 1.33. The molecular formula is C9H9IN2O2. The van der Waals surface area contributed by atoms with Gasteiger partial charge in [0, 0.05) is 3.57 Å². The summed E-state index contributed by atoms with van der Waals surface area (Å²) in [5.41, 5.74) is 5.43. The minimum Gasteiger partial charge on any atom is -0.489 e. The summed E-state index contributed by atoms with van der Waals surface area (Å²) >= 11 is 2.03. The second-order valence-electron chi connectivity index (χ2n) is 3.18. The SMILES string of the molecule is NC(=O)c1ncc(OC2CC2)cc1I. The van der Waals surface area contributed by atoms with Crippen LogP contribution >= 0.6 is 22.6 Å². The van der Waals surface area contributed by atoms with Crippen LogP contribution < -0.4 is 10.5 Å². The average Bonchev–Trinajstić information content (AvgIpc) is 2.87. The van der Waals surface area contributed by atoms with Gasteiger partial charge in [-0.25, -0.2) is 4.98 Å². The van der Waals surface area contributed by atoms with Gasteiger partial charge >= 0.3 is 0 Å². The summed E-state index contributed by atoms with van der Waals surface area (Å²) in [6.45, 7) is 0. The molecule has 1 saturated carbocycles. The lowest BCUT2D eigenvalue weighted by molar-refractivity contribution is 0.0994. The van der Waals surface area contributed by atoms with Crippen molar-refractivity contribution in [2.75, 3.05) is 0 Å². The summed E-state index contributed by atoms with van der Waals surface area (Å²) in [6.07, 6.45) is 4.09. The third-order valence-corrected chi connectivity index (χ3v) is 2.70. The summed E-state index contributed by atoms with van der Waals surface area (Å²) in [5.74, 6) is 0.203. The van der Waals surface area contributed by atoms with Crippen molar-refractivity contribution in [1.82, 2.24) is 4.98 Å². The number of carbonyl (C=O) groups excluding carboxylic acids is 1. The summed E-state index contributed by atoms with van der Waals surface area (Å²) in [5, 5.41) is 0. The Bertz CT molecular complexity index is 377. The van der Waals surface area contributed by atoms with Crippen molar-refractivity contribution in [3.05, 3.63) is 21.5 Å². The molecule has 1 aliphatic carbocycles. The normalized spacial score (nSPS) is 15.2. The quantitative estimate of drug-likeness (QED) is 0.857. The van der Waals surface area contributed by atoms with Gasteiger partial charge in [0.15, 0.2) is 0 Å². The molecule has 14 heavy (non-hydrogen) atoms. The van der Waals surface area contributed by atoms with Gasteiger partial charge < -0.3 is 10.5 Å². The maximum atomic E-state index is 10.9. The van der Waals surface area contributed by atoms with Gasteiger partial charge in [0.1, 0.15) is 11.4 Å². The fourth-order valence-corrected chi connectivity index (χ4v) is 1.76. The summed E-state index contributed by atoms with van der Waals surface area (Å²) < 4.78 is 6.25. The van der Waals surface area contributed by atoms with Crippen molar-refractivity contribution in [2.45, 2.75) is 18.9 Å². The number of carbonyl (C=O) groups is 1. The topological polar surface area (TPSA) is 65.2 Å². The van der Waals surface area contributed by atoms with Gasteiger partial charge in [0.05, 0.1) is 12.3 Å². The summed E-state index contributed by atoms with van der Waals surface area (Å²) in [4.78, 5) is 14.8. The van der Waals surface area contributed by atoms with E-state index in [2.05, 4.69) is 4.98 Å². The molecule has 1 aromatic rings. The molecule has 0 aromatic carbocycles. The first-order valence-corrected chi connectivity index (χ1v) is 5.36. The highest BCUT2D eigenvalue weighted by Gasteiger charge is 2.24. The van der Waals surface area contributed by atoms with Crippen molar-refractivity contribution in [3.63, 3.8) is 0 Å². The van der Waals surface area contributed by atoms with Crippen LogP contribution in [-0.2, 0) is 0 Å². The minimum absolute atomic E-state index is 0.300. The molecular weight excluding hydrogens is 295 g/mol. The maximum Gasteiger partial charge on any atom is 0.268 e. The van der Waals surface area contributed by atoms with Crippen LogP contribution in [0.15, 0.2) is 12.3 Å². The highest BCUT2D eigenvalue weighted by atomic mass is 127. The predicted molar refractivity (Wildman–Crippen MR) is 59.1 cm³/mol. The molecule has 1 fully saturated rings. The number of ether oxygens (including phenoxy) is 1. The lowest BCUT2D eigenvalue weighted by Gasteiger charge is -2.05. The Labute approximate surface area is 95.0 Å². The van der Waals surface area contributed by atoms with Crippen LogP contribution in [0.2, 0.25) is 0 Å². The summed E-state index contributed by atoms with van der Waals surface area (Å²) in [7, 11) is 0. The van der Waals surface area contributed by atoms with Gasteiger partial charge in [0.2, 0.25) is 0 Å². The van der Waals surface area contributed by atoms with E-state index in [-0.39, 0.29) is 0 Å². The molecule has 5 heteroatoms. The van der Waals surface area contributed by atoms with Gasteiger partial charge in [0.25, 0.3) is 5.91 Å². The number of aromatic nitrogens is 1. The Kier molecular flexibility index (Phi) is 2.58. The Morgan fingerprint density at radius 3 is 2.86 bits per heavy atom. The average molecular weight is 304 g/mol. The molecule has 0 bridgehead atoms. The molecule has 1 amide bonds. The number of rotatable bonds is 3. The Morgan fingerprint density at radius 2 is 2.36 bits per heavy atom. The van der Waals surface area contributed by atoms with E-state index < -0.39 is 5.91 Å². The fourth-order valence-electron chi connectivity index (χ4n) is 1.04. The molecule has 2 N–H and O–H groups in total. The number of primary amides is 1. The van der Waals surface area contributed by atoms with Gasteiger partial charge in [-0.05, 0) is 41.5 Å². The number of hydrogen-bond acceptors (Lipinski definition) is 3. The van der Waals surface area contributed by atoms with Gasteiger partial charge in [-0.15, -0.1) is 0 Å². The number of halogens is 1. The van der Waals surface area contributed by atoms with E-state index in [0.717, 1.165) is 16.4 Å². The molecule has 1 heterocycles. The fraction of sp³-hybridized carbons (Fsp3) is 0.333. The second kappa shape index (κ2) is 3.72. The van der Waals surface area contributed by atoms with Crippen molar-refractivity contribution >= 4 is 28.5 Å². The van der Waals surface area contributed by atoms with Crippen LogP contribution in [0.5, 0.6) is 5.75 Å². The van der Waals surface area contributed by atoms with Gasteiger partial charge in [-0.3, -0.25) is 4.79 Å². The highest BCUT2D eigenvalue weighted by molar-refractivity contribution is 14.1. The number of hydrogen-bond donors (Lipinski definition) is 1. The van der Waals surface area contributed by atoms with Gasteiger partial charge in [-0.2, -0.15) is 0 Å². The first-order valence-electron chi connectivity index (χ1n) is 4.29. The van der Waals surface area contributed by atoms with E-state index in [1.165, 1.54) is 0 Å². The third-order valence-electron chi connectivity index (χ3n) is 1.88. The second-order valence-corrected chi connectivity index (χ2v) is 4.35. The third kappa shape index (κ3) is 2.14. The molecule has 0 aliphatic heterocycles. The summed E-state index contributed by atoms with van der Waals surface area (Å²) in [6, 6.07) is 1.78. The number of amides is 1. The van der Waals surface area contributed by atoms with E-state index in [1.807, 2.05) is 22.6 Å². The van der Waals surface area contributed by atoms with Crippen molar-refractivity contribution < 1.29 is 9.53 Å². The molecule has 0 spiro atoms. The maximum absolute atomic E-state index is 10.9. The molecule has 0 unspecified atom stereocenters. The van der Waals surface area contributed by atoms with Crippen LogP contribution in [0.4, 0.5) is 0 Å². The minimum atomic E-state index is -0.507. The zero-order valence-corrected chi connectivity index (χ0v) is 9.52. The number of nitrogens with two attached hydrogens (primary N) is 1. The first-order chi connectivity index (χ1) is 6.66.